The molecular weight excluding hydrogens is 246 g/mol. The van der Waals surface area contributed by atoms with E-state index in [1.54, 1.807) is 18.2 Å². The van der Waals surface area contributed by atoms with E-state index >= 15 is 0 Å². The number of halogens is 1. The highest BCUT2D eigenvalue weighted by Crippen LogP contribution is 2.36. The minimum Gasteiger partial charge on any atom is -0.504 e. The first kappa shape index (κ1) is 11.1. The number of aromatic hydroxyl groups is 1. The van der Waals surface area contributed by atoms with Gasteiger partial charge in [0.1, 0.15) is 0 Å². The van der Waals surface area contributed by atoms with E-state index in [1.165, 1.54) is 7.11 Å². The predicted molar refractivity (Wildman–Crippen MR) is 59.5 cm³/mol. The van der Waals surface area contributed by atoms with Gasteiger partial charge in [-0.1, -0.05) is 22.0 Å². The molecule has 1 aromatic rings. The van der Waals surface area contributed by atoms with Gasteiger partial charge in [0.15, 0.2) is 11.5 Å². The molecule has 1 aromatic carbocycles. The molecule has 1 atom stereocenters. The van der Waals surface area contributed by atoms with E-state index in [-0.39, 0.29) is 5.75 Å². The second-order valence-corrected chi connectivity index (χ2v) is 3.72. The smallest absolute Gasteiger partial charge is 0.162 e. The molecule has 14 heavy (non-hydrogen) atoms. The highest BCUT2D eigenvalue weighted by molar-refractivity contribution is 9.10. The van der Waals surface area contributed by atoms with Gasteiger partial charge in [0, 0.05) is 10.0 Å². The normalized spacial score (nSPS) is 12.2. The monoisotopic (exact) mass is 257 g/mol. The number of phenolic OH excluding ortho intramolecular Hbond substituents is 1. The summed E-state index contributed by atoms with van der Waals surface area (Å²) >= 11 is 3.30. The topological polar surface area (TPSA) is 55.5 Å². The molecule has 0 aliphatic carbocycles. The van der Waals surface area contributed by atoms with Crippen LogP contribution in [0.4, 0.5) is 0 Å². The summed E-state index contributed by atoms with van der Waals surface area (Å²) < 4.78 is 5.80. The van der Waals surface area contributed by atoms with Crippen LogP contribution in [0.15, 0.2) is 29.3 Å². The third-order valence-electron chi connectivity index (χ3n) is 1.90. The first-order valence-electron chi connectivity index (χ1n) is 4.04. The van der Waals surface area contributed by atoms with Crippen molar-refractivity contribution in [3.63, 3.8) is 0 Å². The minimum atomic E-state index is -0.401. The second-order valence-electron chi connectivity index (χ2n) is 2.81. The molecule has 0 amide bonds. The number of nitrogens with two attached hydrogens (primary N) is 1. The lowest BCUT2D eigenvalue weighted by Gasteiger charge is -2.12. The number of benzene rings is 1. The van der Waals surface area contributed by atoms with Gasteiger partial charge in [-0.15, -0.1) is 6.58 Å². The number of ether oxygens (including phenoxy) is 1. The highest BCUT2D eigenvalue weighted by Gasteiger charge is 2.13. The van der Waals surface area contributed by atoms with E-state index in [0.29, 0.717) is 11.3 Å². The Bertz CT molecular complexity index is 352. The molecule has 0 heterocycles. The average Bonchev–Trinajstić information content (AvgIpc) is 2.19. The van der Waals surface area contributed by atoms with Crippen LogP contribution in [0.2, 0.25) is 0 Å². The maximum Gasteiger partial charge on any atom is 0.162 e. The molecular formula is C10H12BrNO2. The molecule has 0 radical (unpaired) electrons. The number of methoxy groups -OCH3 is 1. The fourth-order valence-electron chi connectivity index (χ4n) is 1.13. The molecule has 0 fully saturated rings. The SMILES string of the molecule is C=C[C@@H](N)c1cc(Br)cc(OC)c1O. The van der Waals surface area contributed by atoms with Crippen LogP contribution in [0.3, 0.4) is 0 Å². The third-order valence-corrected chi connectivity index (χ3v) is 2.36. The van der Waals surface area contributed by atoms with Gasteiger partial charge in [-0.2, -0.15) is 0 Å². The van der Waals surface area contributed by atoms with Gasteiger partial charge >= 0.3 is 0 Å². The molecule has 3 nitrogen and oxygen atoms in total. The van der Waals surface area contributed by atoms with Crippen molar-refractivity contribution in [1.82, 2.24) is 0 Å². The van der Waals surface area contributed by atoms with Crippen LogP contribution in [0.25, 0.3) is 0 Å². The van der Waals surface area contributed by atoms with Gasteiger partial charge in [0.2, 0.25) is 0 Å². The fraction of sp³-hybridized carbons (Fsp3) is 0.200. The van der Waals surface area contributed by atoms with Crippen LogP contribution < -0.4 is 10.5 Å². The van der Waals surface area contributed by atoms with Crippen molar-refractivity contribution in [3.05, 3.63) is 34.8 Å². The molecule has 0 bridgehead atoms. The summed E-state index contributed by atoms with van der Waals surface area (Å²) in [6.45, 7) is 3.57. The van der Waals surface area contributed by atoms with Crippen molar-refractivity contribution in [1.29, 1.82) is 0 Å². The van der Waals surface area contributed by atoms with Gasteiger partial charge in [-0.05, 0) is 12.1 Å². The molecule has 0 spiro atoms. The first-order chi connectivity index (χ1) is 6.60. The van der Waals surface area contributed by atoms with E-state index in [0.717, 1.165) is 4.47 Å². The molecule has 0 unspecified atom stereocenters. The molecule has 0 aliphatic rings. The summed E-state index contributed by atoms with van der Waals surface area (Å²) in [6.07, 6.45) is 1.56. The second kappa shape index (κ2) is 4.48. The number of hydrogen-bond donors (Lipinski definition) is 2. The van der Waals surface area contributed by atoms with Crippen LogP contribution >= 0.6 is 15.9 Å². The lowest BCUT2D eigenvalue weighted by molar-refractivity contribution is 0.369. The molecule has 3 N–H and O–H groups in total. The molecule has 1 rings (SSSR count). The summed E-state index contributed by atoms with van der Waals surface area (Å²) in [5, 5.41) is 9.74. The minimum absolute atomic E-state index is 0.0584. The molecule has 0 aliphatic heterocycles. The van der Waals surface area contributed by atoms with E-state index in [4.69, 9.17) is 10.5 Å². The van der Waals surface area contributed by atoms with E-state index in [9.17, 15) is 5.11 Å². The van der Waals surface area contributed by atoms with E-state index < -0.39 is 6.04 Å². The van der Waals surface area contributed by atoms with Gasteiger partial charge in [0.25, 0.3) is 0 Å². The van der Waals surface area contributed by atoms with Crippen LogP contribution in [0.1, 0.15) is 11.6 Å². The highest BCUT2D eigenvalue weighted by atomic mass is 79.9. The largest absolute Gasteiger partial charge is 0.504 e. The van der Waals surface area contributed by atoms with Crippen molar-refractivity contribution >= 4 is 15.9 Å². The van der Waals surface area contributed by atoms with Crippen molar-refractivity contribution < 1.29 is 9.84 Å². The van der Waals surface area contributed by atoms with E-state index in [1.807, 2.05) is 0 Å². The Kier molecular flexibility index (Phi) is 3.55. The summed E-state index contributed by atoms with van der Waals surface area (Å²) in [5.74, 6) is 0.453. The number of phenols is 1. The van der Waals surface area contributed by atoms with Crippen LogP contribution in [-0.4, -0.2) is 12.2 Å². The lowest BCUT2D eigenvalue weighted by atomic mass is 10.1. The maximum absolute atomic E-state index is 9.74. The van der Waals surface area contributed by atoms with Crippen molar-refractivity contribution in [2.75, 3.05) is 7.11 Å². The Morgan fingerprint density at radius 2 is 2.29 bits per heavy atom. The van der Waals surface area contributed by atoms with Gasteiger partial charge in [-0.25, -0.2) is 0 Å². The lowest BCUT2D eigenvalue weighted by Crippen LogP contribution is -2.07. The average molecular weight is 258 g/mol. The summed E-state index contributed by atoms with van der Waals surface area (Å²) in [7, 11) is 1.49. The molecule has 76 valence electrons. The molecule has 4 heteroatoms. The first-order valence-corrected chi connectivity index (χ1v) is 4.84. The zero-order chi connectivity index (χ0) is 10.7. The van der Waals surface area contributed by atoms with Gasteiger partial charge in [-0.3, -0.25) is 0 Å². The molecule has 0 saturated heterocycles. The van der Waals surface area contributed by atoms with Crippen molar-refractivity contribution in [3.8, 4) is 11.5 Å². The van der Waals surface area contributed by atoms with E-state index in [2.05, 4.69) is 22.5 Å². The summed E-state index contributed by atoms with van der Waals surface area (Å²) in [6, 6.07) is 3.01. The Morgan fingerprint density at radius 3 is 2.79 bits per heavy atom. The Hall–Kier alpha value is -1.00. The Labute approximate surface area is 91.3 Å². The third kappa shape index (κ3) is 2.08. The molecule has 0 saturated carbocycles. The fourth-order valence-corrected chi connectivity index (χ4v) is 1.59. The zero-order valence-electron chi connectivity index (χ0n) is 7.83. The Morgan fingerprint density at radius 1 is 1.64 bits per heavy atom. The van der Waals surface area contributed by atoms with Crippen LogP contribution in [-0.2, 0) is 0 Å². The zero-order valence-corrected chi connectivity index (χ0v) is 9.41. The number of rotatable bonds is 3. The van der Waals surface area contributed by atoms with Crippen LogP contribution in [0.5, 0.6) is 11.5 Å². The standard InChI is InChI=1S/C10H12BrNO2/c1-3-8(12)7-4-6(11)5-9(14-2)10(7)13/h3-5,8,13H,1,12H2,2H3/t8-/m1/s1. The predicted octanol–water partition coefficient (Wildman–Crippen LogP) is 2.35. The van der Waals surface area contributed by atoms with Crippen LogP contribution in [0, 0.1) is 0 Å². The molecule has 0 aromatic heterocycles. The Balaban J connectivity index is 3.28. The van der Waals surface area contributed by atoms with Crippen molar-refractivity contribution in [2.45, 2.75) is 6.04 Å². The number of hydrogen-bond acceptors (Lipinski definition) is 3. The quantitative estimate of drug-likeness (QED) is 0.818. The maximum atomic E-state index is 9.74. The van der Waals surface area contributed by atoms with Gasteiger partial charge in [0.05, 0.1) is 13.2 Å². The summed E-state index contributed by atoms with van der Waals surface area (Å²) in [4.78, 5) is 0. The summed E-state index contributed by atoms with van der Waals surface area (Å²) in [5.41, 5.74) is 6.32. The van der Waals surface area contributed by atoms with Gasteiger partial charge < -0.3 is 15.6 Å². The van der Waals surface area contributed by atoms with Crippen molar-refractivity contribution in [2.24, 2.45) is 5.73 Å².